The summed E-state index contributed by atoms with van der Waals surface area (Å²) in [5, 5.41) is 5.33. The van der Waals surface area contributed by atoms with Crippen LogP contribution in [0.5, 0.6) is 0 Å². The van der Waals surface area contributed by atoms with Gasteiger partial charge in [-0.1, -0.05) is 0 Å². The van der Waals surface area contributed by atoms with Gasteiger partial charge in [0, 0.05) is 30.7 Å². The number of nitrogens with one attached hydrogen (secondary N) is 1. The van der Waals surface area contributed by atoms with Gasteiger partial charge in [0.25, 0.3) is 6.43 Å². The Hall–Kier alpha value is -1.21. The van der Waals surface area contributed by atoms with E-state index in [1.54, 1.807) is 7.05 Å². The third-order valence-corrected chi connectivity index (χ3v) is 3.66. The highest BCUT2D eigenvalue weighted by Crippen LogP contribution is 2.25. The zero-order chi connectivity index (χ0) is 14.9. The van der Waals surface area contributed by atoms with Gasteiger partial charge in [-0.25, -0.2) is 13.8 Å². The molecule has 112 valence electrons. The topological polar surface area (TPSA) is 32.6 Å². The Kier molecular flexibility index (Phi) is 4.29. The number of hydrogen-bond acceptors (Lipinski definition) is 4. The number of fused-ring (bicyclic) bond motifs is 1. The summed E-state index contributed by atoms with van der Waals surface area (Å²) < 4.78 is 27.1. The van der Waals surface area contributed by atoms with E-state index >= 15 is 0 Å². The third kappa shape index (κ3) is 3.46. The minimum Gasteiger partial charge on any atom is -0.352 e. The standard InChI is InChI=1S/C13H20F2N4S/c1-13(2,3)16-7-9-11(18(4)8-10(14)15)17-12-19(9)5-6-20-12/h5-6,10,16H,7-8H2,1-4H3. The van der Waals surface area contributed by atoms with E-state index in [1.165, 1.54) is 16.2 Å². The largest absolute Gasteiger partial charge is 0.352 e. The smallest absolute Gasteiger partial charge is 0.255 e. The van der Waals surface area contributed by atoms with Gasteiger partial charge in [0.05, 0.1) is 12.2 Å². The molecule has 2 heterocycles. The Morgan fingerprint density at radius 3 is 2.75 bits per heavy atom. The molecule has 0 aliphatic heterocycles. The average Bonchev–Trinajstić information content (AvgIpc) is 2.83. The van der Waals surface area contributed by atoms with Crippen molar-refractivity contribution in [1.82, 2.24) is 14.7 Å². The first-order valence-electron chi connectivity index (χ1n) is 6.46. The van der Waals surface area contributed by atoms with E-state index in [2.05, 4.69) is 31.1 Å². The summed E-state index contributed by atoms with van der Waals surface area (Å²) in [5.74, 6) is 0.619. The van der Waals surface area contributed by atoms with Crippen molar-refractivity contribution in [2.75, 3.05) is 18.5 Å². The van der Waals surface area contributed by atoms with Crippen LogP contribution in [0.2, 0.25) is 0 Å². The Labute approximate surface area is 121 Å². The van der Waals surface area contributed by atoms with Gasteiger partial charge in [0.15, 0.2) is 10.8 Å². The molecule has 0 aliphatic rings. The number of nitrogens with zero attached hydrogens (tertiary/aromatic N) is 3. The van der Waals surface area contributed by atoms with Crippen molar-refractivity contribution in [3.63, 3.8) is 0 Å². The number of rotatable bonds is 5. The number of thiazole rings is 1. The second kappa shape index (κ2) is 5.65. The predicted molar refractivity (Wildman–Crippen MR) is 78.9 cm³/mol. The molecule has 0 unspecified atom stereocenters. The Balaban J connectivity index is 2.30. The van der Waals surface area contributed by atoms with Crippen LogP contribution in [0.25, 0.3) is 4.96 Å². The average molecular weight is 302 g/mol. The first kappa shape index (κ1) is 15.2. The lowest BCUT2D eigenvalue weighted by Gasteiger charge is -2.22. The van der Waals surface area contributed by atoms with Gasteiger partial charge in [0.1, 0.15) is 0 Å². The molecule has 7 heteroatoms. The summed E-state index contributed by atoms with van der Waals surface area (Å²) in [6.07, 6.45) is -0.449. The second-order valence-corrected chi connectivity index (χ2v) is 6.69. The molecule has 0 saturated heterocycles. The van der Waals surface area contributed by atoms with Crippen molar-refractivity contribution in [2.24, 2.45) is 0 Å². The molecule has 20 heavy (non-hydrogen) atoms. The highest BCUT2D eigenvalue weighted by Gasteiger charge is 2.20. The highest BCUT2D eigenvalue weighted by atomic mass is 32.1. The monoisotopic (exact) mass is 302 g/mol. The maximum atomic E-state index is 12.6. The van der Waals surface area contributed by atoms with Crippen LogP contribution in [-0.4, -0.2) is 34.9 Å². The summed E-state index contributed by atoms with van der Waals surface area (Å²) in [6, 6.07) is 0. The summed E-state index contributed by atoms with van der Waals surface area (Å²) in [4.78, 5) is 6.80. The van der Waals surface area contributed by atoms with Crippen molar-refractivity contribution in [1.29, 1.82) is 0 Å². The Bertz CT molecular complexity index is 570. The molecule has 0 atom stereocenters. The Morgan fingerprint density at radius 1 is 1.45 bits per heavy atom. The maximum absolute atomic E-state index is 12.6. The van der Waals surface area contributed by atoms with Gasteiger partial charge in [0.2, 0.25) is 0 Å². The van der Waals surface area contributed by atoms with Gasteiger partial charge in [-0.2, -0.15) is 0 Å². The fourth-order valence-electron chi connectivity index (χ4n) is 1.93. The van der Waals surface area contributed by atoms with E-state index in [0.29, 0.717) is 12.4 Å². The lowest BCUT2D eigenvalue weighted by Crippen LogP contribution is -2.36. The van der Waals surface area contributed by atoms with Crippen LogP contribution < -0.4 is 10.2 Å². The fraction of sp³-hybridized carbons (Fsp3) is 0.615. The van der Waals surface area contributed by atoms with E-state index in [9.17, 15) is 8.78 Å². The molecule has 0 fully saturated rings. The molecule has 1 N–H and O–H groups in total. The lowest BCUT2D eigenvalue weighted by atomic mass is 10.1. The molecule has 0 bridgehead atoms. The van der Waals surface area contributed by atoms with Crippen molar-refractivity contribution in [2.45, 2.75) is 39.3 Å². The van der Waals surface area contributed by atoms with E-state index in [4.69, 9.17) is 0 Å². The normalized spacial score (nSPS) is 12.6. The van der Waals surface area contributed by atoms with Gasteiger partial charge in [-0.3, -0.25) is 4.40 Å². The van der Waals surface area contributed by atoms with E-state index in [0.717, 1.165) is 10.7 Å². The molecule has 2 aromatic rings. The number of alkyl halides is 2. The molecule has 2 rings (SSSR count). The first-order valence-corrected chi connectivity index (χ1v) is 7.34. The van der Waals surface area contributed by atoms with Crippen LogP contribution in [0.15, 0.2) is 11.6 Å². The second-order valence-electron chi connectivity index (χ2n) is 5.81. The zero-order valence-corrected chi connectivity index (χ0v) is 13.0. The molecular formula is C13H20F2N4S. The quantitative estimate of drug-likeness (QED) is 0.921. The molecular weight excluding hydrogens is 282 g/mol. The van der Waals surface area contributed by atoms with Crippen molar-refractivity contribution in [3.8, 4) is 0 Å². The first-order chi connectivity index (χ1) is 9.28. The lowest BCUT2D eigenvalue weighted by molar-refractivity contribution is 0.156. The predicted octanol–water partition coefficient (Wildman–Crippen LogP) is 2.99. The van der Waals surface area contributed by atoms with Gasteiger partial charge < -0.3 is 10.2 Å². The Morgan fingerprint density at radius 2 is 2.15 bits per heavy atom. The van der Waals surface area contributed by atoms with Crippen LogP contribution in [-0.2, 0) is 6.54 Å². The summed E-state index contributed by atoms with van der Waals surface area (Å²) in [6.45, 7) is 6.49. The molecule has 0 radical (unpaired) electrons. The number of anilines is 1. The summed E-state index contributed by atoms with van der Waals surface area (Å²) in [5.41, 5.74) is 0.873. The van der Waals surface area contributed by atoms with Crippen molar-refractivity contribution >= 4 is 22.1 Å². The van der Waals surface area contributed by atoms with Crippen molar-refractivity contribution in [3.05, 3.63) is 17.3 Å². The number of aromatic nitrogens is 2. The van der Waals surface area contributed by atoms with Gasteiger partial charge in [-0.15, -0.1) is 11.3 Å². The molecule has 4 nitrogen and oxygen atoms in total. The number of imidazole rings is 1. The van der Waals surface area contributed by atoms with E-state index < -0.39 is 6.43 Å². The number of halogens is 2. The van der Waals surface area contributed by atoms with Crippen LogP contribution in [0.3, 0.4) is 0 Å². The van der Waals surface area contributed by atoms with Gasteiger partial charge >= 0.3 is 0 Å². The van der Waals surface area contributed by atoms with E-state index in [1.807, 2.05) is 16.0 Å². The summed E-state index contributed by atoms with van der Waals surface area (Å²) >= 11 is 1.50. The SMILES string of the molecule is CN(CC(F)F)c1nc2sccn2c1CNC(C)(C)C. The van der Waals surface area contributed by atoms with Crippen LogP contribution in [0.1, 0.15) is 26.5 Å². The number of hydrogen-bond donors (Lipinski definition) is 1. The molecule has 2 aromatic heterocycles. The maximum Gasteiger partial charge on any atom is 0.255 e. The van der Waals surface area contributed by atoms with Crippen LogP contribution in [0.4, 0.5) is 14.6 Å². The highest BCUT2D eigenvalue weighted by molar-refractivity contribution is 7.15. The summed E-state index contributed by atoms with van der Waals surface area (Å²) in [7, 11) is 1.65. The molecule has 0 aliphatic carbocycles. The minimum atomic E-state index is -2.37. The van der Waals surface area contributed by atoms with E-state index in [-0.39, 0.29) is 12.1 Å². The van der Waals surface area contributed by atoms with Crippen LogP contribution >= 0.6 is 11.3 Å². The molecule has 0 amide bonds. The van der Waals surface area contributed by atoms with Gasteiger partial charge in [-0.05, 0) is 20.8 Å². The molecule has 0 saturated carbocycles. The fourth-order valence-corrected chi connectivity index (χ4v) is 2.66. The third-order valence-electron chi connectivity index (χ3n) is 2.90. The van der Waals surface area contributed by atoms with Crippen molar-refractivity contribution < 1.29 is 8.78 Å². The zero-order valence-electron chi connectivity index (χ0n) is 12.2. The molecule has 0 aromatic carbocycles. The van der Waals surface area contributed by atoms with Crippen LogP contribution in [0, 0.1) is 0 Å². The minimum absolute atomic E-state index is 0.0429. The molecule has 0 spiro atoms.